The highest BCUT2D eigenvalue weighted by Crippen LogP contribution is 2.23. The molecule has 3 radical (unpaired) electrons. The Morgan fingerprint density at radius 2 is 1.79 bits per heavy atom. The first-order valence-corrected chi connectivity index (χ1v) is 4.56. The molecule has 0 aliphatic carbocycles. The van der Waals surface area contributed by atoms with Crippen LogP contribution in [0.4, 0.5) is 0 Å². The molecule has 3 aromatic carbocycles. The molecule has 0 aliphatic heterocycles. The standard InChI is InChI=1S/C14H7/c1-3-7-13-11(5-1)9-10-12-6-2-4-8-14(12)13/h3-5,7-10H. The Labute approximate surface area is 82.8 Å². The molecule has 0 atom stereocenters. The molecule has 14 heavy (non-hydrogen) atoms. The van der Waals surface area contributed by atoms with Crippen molar-refractivity contribution < 1.29 is 0 Å². The van der Waals surface area contributed by atoms with Crippen molar-refractivity contribution in [1.29, 1.82) is 0 Å². The zero-order valence-corrected chi connectivity index (χ0v) is 7.54. The first kappa shape index (κ1) is 7.57. The minimum atomic E-state index is 1.12. The van der Waals surface area contributed by atoms with Gasteiger partial charge in [-0.1, -0.05) is 36.4 Å². The van der Waals surface area contributed by atoms with Crippen LogP contribution in [0.1, 0.15) is 0 Å². The Bertz CT molecular complexity index is 539. The van der Waals surface area contributed by atoms with Crippen molar-refractivity contribution in [3.8, 4) is 0 Å². The van der Waals surface area contributed by atoms with Crippen LogP contribution in [0.15, 0.2) is 42.5 Å². The van der Waals surface area contributed by atoms with Gasteiger partial charge in [0.25, 0.3) is 0 Å². The van der Waals surface area contributed by atoms with Gasteiger partial charge < -0.3 is 0 Å². The van der Waals surface area contributed by atoms with Crippen LogP contribution in [0.2, 0.25) is 0 Å². The lowest BCUT2D eigenvalue weighted by atomic mass is 10.0. The van der Waals surface area contributed by atoms with Gasteiger partial charge in [-0.05, 0) is 45.8 Å². The second-order valence-electron chi connectivity index (χ2n) is 3.28. The molecule has 0 N–H and O–H groups in total. The van der Waals surface area contributed by atoms with Gasteiger partial charge in [-0.3, -0.25) is 0 Å². The lowest BCUT2D eigenvalue weighted by Crippen LogP contribution is -1.76. The summed E-state index contributed by atoms with van der Waals surface area (Å²) >= 11 is 0. The molecule has 0 spiro atoms. The maximum absolute atomic E-state index is 3.11. The van der Waals surface area contributed by atoms with E-state index in [1.54, 1.807) is 0 Å². The molecule has 0 fully saturated rings. The summed E-state index contributed by atoms with van der Waals surface area (Å²) in [4.78, 5) is 0. The highest BCUT2D eigenvalue weighted by Gasteiger charge is 1.97. The van der Waals surface area contributed by atoms with Gasteiger partial charge >= 0.3 is 0 Å². The van der Waals surface area contributed by atoms with Crippen LogP contribution in [0.25, 0.3) is 21.5 Å². The van der Waals surface area contributed by atoms with Crippen LogP contribution < -0.4 is 0 Å². The predicted octanol–water partition coefficient (Wildman–Crippen LogP) is 3.39. The summed E-state index contributed by atoms with van der Waals surface area (Å²) in [7, 11) is 0. The van der Waals surface area contributed by atoms with Crippen LogP contribution in [-0.2, 0) is 0 Å². The summed E-state index contributed by atoms with van der Waals surface area (Å²) in [6.07, 6.45) is 0. The van der Waals surface area contributed by atoms with Gasteiger partial charge in [0.1, 0.15) is 0 Å². The molecule has 0 bridgehead atoms. The fraction of sp³-hybridized carbons (Fsp3) is 0. The van der Waals surface area contributed by atoms with Crippen molar-refractivity contribution >= 4 is 21.5 Å². The molecule has 63 valence electrons. The zero-order chi connectivity index (χ0) is 9.38. The van der Waals surface area contributed by atoms with Crippen molar-refractivity contribution in [1.82, 2.24) is 0 Å². The summed E-state index contributed by atoms with van der Waals surface area (Å²) in [6.45, 7) is 0. The number of hydrogen-bond acceptors (Lipinski definition) is 0. The van der Waals surface area contributed by atoms with E-state index >= 15 is 0 Å². The van der Waals surface area contributed by atoms with Gasteiger partial charge in [0.2, 0.25) is 0 Å². The number of hydrogen-bond donors (Lipinski definition) is 0. The van der Waals surface area contributed by atoms with E-state index in [1.165, 1.54) is 16.2 Å². The molecule has 0 heteroatoms. The quantitative estimate of drug-likeness (QED) is 0.459. The van der Waals surface area contributed by atoms with Crippen molar-refractivity contribution in [2.45, 2.75) is 0 Å². The SMILES string of the molecule is [c]1[c]c2ccc3c[c]ccc3c2cc1. The lowest BCUT2D eigenvalue weighted by molar-refractivity contribution is 1.74. The van der Waals surface area contributed by atoms with E-state index in [9.17, 15) is 0 Å². The molecule has 0 amide bonds. The van der Waals surface area contributed by atoms with E-state index in [-0.39, 0.29) is 0 Å². The Hall–Kier alpha value is -1.82. The third kappa shape index (κ3) is 1.01. The van der Waals surface area contributed by atoms with E-state index in [0.29, 0.717) is 0 Å². The van der Waals surface area contributed by atoms with Gasteiger partial charge in [0.15, 0.2) is 0 Å². The Morgan fingerprint density at radius 3 is 2.79 bits per heavy atom. The molecule has 0 nitrogen and oxygen atoms in total. The van der Waals surface area contributed by atoms with Crippen molar-refractivity contribution in [3.63, 3.8) is 0 Å². The van der Waals surface area contributed by atoms with Gasteiger partial charge in [-0.2, -0.15) is 0 Å². The average molecular weight is 175 g/mol. The maximum atomic E-state index is 3.11. The largest absolute Gasteiger partial charge is 0.0537 e. The summed E-state index contributed by atoms with van der Waals surface area (Å²) < 4.78 is 0. The second-order valence-corrected chi connectivity index (χ2v) is 3.28. The predicted molar refractivity (Wildman–Crippen MR) is 58.0 cm³/mol. The van der Waals surface area contributed by atoms with E-state index in [4.69, 9.17) is 0 Å². The van der Waals surface area contributed by atoms with Crippen LogP contribution in [0.5, 0.6) is 0 Å². The Morgan fingerprint density at radius 1 is 0.857 bits per heavy atom. The first-order valence-electron chi connectivity index (χ1n) is 4.56. The van der Waals surface area contributed by atoms with Crippen LogP contribution in [0.3, 0.4) is 0 Å². The van der Waals surface area contributed by atoms with Crippen LogP contribution in [-0.4, -0.2) is 0 Å². The molecule has 0 aliphatic rings. The molecule has 0 unspecified atom stereocenters. The molecular weight excluding hydrogens is 168 g/mol. The Kier molecular flexibility index (Phi) is 1.54. The third-order valence-corrected chi connectivity index (χ3v) is 2.45. The average Bonchev–Trinajstić information content (AvgIpc) is 2.29. The summed E-state index contributed by atoms with van der Waals surface area (Å²) in [5.41, 5.74) is 0. The van der Waals surface area contributed by atoms with Crippen LogP contribution >= 0.6 is 0 Å². The third-order valence-electron chi connectivity index (χ3n) is 2.45. The number of fused-ring (bicyclic) bond motifs is 3. The van der Waals surface area contributed by atoms with E-state index in [2.05, 4.69) is 42.5 Å². The van der Waals surface area contributed by atoms with Crippen LogP contribution in [0, 0.1) is 18.2 Å². The topological polar surface area (TPSA) is 0 Å². The van der Waals surface area contributed by atoms with Gasteiger partial charge in [0, 0.05) is 0 Å². The van der Waals surface area contributed by atoms with Crippen molar-refractivity contribution in [2.75, 3.05) is 0 Å². The second kappa shape index (κ2) is 2.85. The fourth-order valence-electron chi connectivity index (χ4n) is 1.77. The lowest BCUT2D eigenvalue weighted by Gasteiger charge is -2.01. The highest BCUT2D eigenvalue weighted by molar-refractivity contribution is 6.06. The summed E-state index contributed by atoms with van der Waals surface area (Å²) in [5.74, 6) is 0. The number of benzene rings is 3. The first-order chi connectivity index (χ1) is 6.95. The summed E-state index contributed by atoms with van der Waals surface area (Å²) in [5, 5.41) is 4.83. The normalized spacial score (nSPS) is 10.9. The maximum Gasteiger partial charge on any atom is -0.00139 e. The molecule has 0 saturated carbocycles. The molecule has 0 aromatic heterocycles. The van der Waals surface area contributed by atoms with Gasteiger partial charge in [-0.15, -0.1) is 0 Å². The number of rotatable bonds is 0. The molecular formula is C14H7. The molecule has 0 saturated heterocycles. The van der Waals surface area contributed by atoms with Crippen molar-refractivity contribution in [2.24, 2.45) is 0 Å². The monoisotopic (exact) mass is 175 g/mol. The Balaban J connectivity index is 2.61. The highest BCUT2D eigenvalue weighted by atomic mass is 14.0. The fourth-order valence-corrected chi connectivity index (χ4v) is 1.77. The summed E-state index contributed by atoms with van der Waals surface area (Å²) in [6, 6.07) is 23.3. The van der Waals surface area contributed by atoms with Gasteiger partial charge in [0.05, 0.1) is 0 Å². The van der Waals surface area contributed by atoms with Gasteiger partial charge in [-0.25, -0.2) is 0 Å². The van der Waals surface area contributed by atoms with E-state index in [0.717, 1.165) is 5.39 Å². The van der Waals surface area contributed by atoms with Crippen molar-refractivity contribution in [3.05, 3.63) is 60.7 Å². The zero-order valence-electron chi connectivity index (χ0n) is 7.54. The van der Waals surface area contributed by atoms with E-state index < -0.39 is 0 Å². The molecule has 0 heterocycles. The molecule has 3 aromatic rings. The minimum absolute atomic E-state index is 1.12. The molecule has 3 rings (SSSR count). The smallest absolute Gasteiger partial charge is 0.00139 e. The van der Waals surface area contributed by atoms with E-state index in [1.807, 2.05) is 18.2 Å². The minimum Gasteiger partial charge on any atom is -0.0537 e.